The maximum Gasteiger partial charge on any atom is 0.214 e. The number of aromatic amines is 1. The molecule has 1 aromatic carbocycles. The SMILES string of the molecule is c1ccc(COCCOCCOCCOc2cc3cn[nH]c3cn2)cc1. The van der Waals surface area contributed by atoms with Crippen molar-refractivity contribution in [2.75, 3.05) is 39.6 Å². The first-order chi connectivity index (χ1) is 12.9. The van der Waals surface area contributed by atoms with E-state index in [0.717, 1.165) is 16.5 Å². The van der Waals surface area contributed by atoms with Gasteiger partial charge >= 0.3 is 0 Å². The lowest BCUT2D eigenvalue weighted by atomic mass is 10.2. The highest BCUT2D eigenvalue weighted by Crippen LogP contribution is 2.14. The van der Waals surface area contributed by atoms with Crippen molar-refractivity contribution in [3.8, 4) is 5.88 Å². The van der Waals surface area contributed by atoms with E-state index in [-0.39, 0.29) is 0 Å². The van der Waals surface area contributed by atoms with Gasteiger partial charge in [0.2, 0.25) is 5.88 Å². The summed E-state index contributed by atoms with van der Waals surface area (Å²) in [6, 6.07) is 11.9. The zero-order valence-electron chi connectivity index (χ0n) is 14.6. The number of nitrogens with one attached hydrogen (secondary N) is 1. The van der Waals surface area contributed by atoms with E-state index in [0.29, 0.717) is 52.1 Å². The third-order valence-corrected chi connectivity index (χ3v) is 3.63. The zero-order valence-corrected chi connectivity index (χ0v) is 14.6. The first-order valence-electron chi connectivity index (χ1n) is 8.61. The van der Waals surface area contributed by atoms with E-state index < -0.39 is 0 Å². The van der Waals surface area contributed by atoms with Crippen LogP contribution in [0.3, 0.4) is 0 Å². The molecule has 138 valence electrons. The van der Waals surface area contributed by atoms with Crippen LogP contribution < -0.4 is 4.74 Å². The van der Waals surface area contributed by atoms with Gasteiger partial charge in [-0.25, -0.2) is 4.98 Å². The monoisotopic (exact) mass is 357 g/mol. The number of pyridine rings is 1. The predicted molar refractivity (Wildman–Crippen MR) is 97.1 cm³/mol. The van der Waals surface area contributed by atoms with Gasteiger partial charge in [-0.05, 0) is 5.56 Å². The molecule has 0 amide bonds. The summed E-state index contributed by atoms with van der Waals surface area (Å²) in [5.41, 5.74) is 2.05. The molecule has 7 heteroatoms. The van der Waals surface area contributed by atoms with Gasteiger partial charge in [0.15, 0.2) is 0 Å². The second-order valence-corrected chi connectivity index (χ2v) is 5.59. The summed E-state index contributed by atoms with van der Waals surface area (Å²) in [6.07, 6.45) is 3.44. The highest BCUT2D eigenvalue weighted by Gasteiger charge is 2.00. The number of hydrogen-bond donors (Lipinski definition) is 1. The maximum atomic E-state index is 5.55. The lowest BCUT2D eigenvalue weighted by Gasteiger charge is -2.08. The molecule has 0 aliphatic heterocycles. The van der Waals surface area contributed by atoms with Crippen LogP contribution in [-0.4, -0.2) is 54.8 Å². The van der Waals surface area contributed by atoms with E-state index >= 15 is 0 Å². The minimum Gasteiger partial charge on any atom is -0.475 e. The third-order valence-electron chi connectivity index (χ3n) is 3.63. The van der Waals surface area contributed by atoms with Gasteiger partial charge in [-0.15, -0.1) is 0 Å². The van der Waals surface area contributed by atoms with E-state index in [2.05, 4.69) is 15.2 Å². The van der Waals surface area contributed by atoms with Crippen molar-refractivity contribution >= 4 is 10.9 Å². The number of aromatic nitrogens is 3. The van der Waals surface area contributed by atoms with Crippen molar-refractivity contribution in [2.24, 2.45) is 0 Å². The van der Waals surface area contributed by atoms with Crippen molar-refractivity contribution in [1.82, 2.24) is 15.2 Å². The lowest BCUT2D eigenvalue weighted by Crippen LogP contribution is -2.13. The Labute approximate surface area is 152 Å². The number of fused-ring (bicyclic) bond motifs is 1. The molecule has 0 saturated heterocycles. The van der Waals surface area contributed by atoms with E-state index in [1.165, 1.54) is 0 Å². The van der Waals surface area contributed by atoms with Crippen LogP contribution in [0.1, 0.15) is 5.56 Å². The Hall–Kier alpha value is -2.48. The zero-order chi connectivity index (χ0) is 17.9. The number of hydrogen-bond acceptors (Lipinski definition) is 6. The van der Waals surface area contributed by atoms with Crippen LogP contribution in [-0.2, 0) is 20.8 Å². The minimum absolute atomic E-state index is 0.441. The van der Waals surface area contributed by atoms with Crippen LogP contribution in [0.5, 0.6) is 5.88 Å². The van der Waals surface area contributed by atoms with Gasteiger partial charge in [0.1, 0.15) is 6.61 Å². The van der Waals surface area contributed by atoms with Gasteiger partial charge in [-0.1, -0.05) is 30.3 Å². The van der Waals surface area contributed by atoms with Crippen molar-refractivity contribution in [3.05, 3.63) is 54.4 Å². The van der Waals surface area contributed by atoms with Crippen LogP contribution in [0.25, 0.3) is 10.9 Å². The molecular weight excluding hydrogens is 334 g/mol. The third kappa shape index (κ3) is 6.11. The first kappa shape index (κ1) is 18.3. The Morgan fingerprint density at radius 2 is 1.54 bits per heavy atom. The van der Waals surface area contributed by atoms with Gasteiger partial charge in [0, 0.05) is 11.5 Å². The number of benzene rings is 1. The molecule has 0 atom stereocenters. The topological polar surface area (TPSA) is 78.5 Å². The Bertz CT molecular complexity index is 764. The predicted octanol–water partition coefficient (Wildman–Crippen LogP) is 2.59. The molecule has 3 aromatic rings. The summed E-state index contributed by atoms with van der Waals surface area (Å²) >= 11 is 0. The summed E-state index contributed by atoms with van der Waals surface area (Å²) < 4.78 is 22.0. The quantitative estimate of drug-likeness (QED) is 0.502. The average molecular weight is 357 g/mol. The van der Waals surface area contributed by atoms with Gasteiger partial charge in [0.05, 0.1) is 57.6 Å². The minimum atomic E-state index is 0.441. The van der Waals surface area contributed by atoms with Crippen molar-refractivity contribution in [3.63, 3.8) is 0 Å². The summed E-state index contributed by atoms with van der Waals surface area (Å²) in [5.74, 6) is 0.564. The largest absolute Gasteiger partial charge is 0.475 e. The molecule has 26 heavy (non-hydrogen) atoms. The van der Waals surface area contributed by atoms with Gasteiger partial charge in [-0.3, -0.25) is 5.10 Å². The summed E-state index contributed by atoms with van der Waals surface area (Å²) in [4.78, 5) is 4.19. The summed E-state index contributed by atoms with van der Waals surface area (Å²) in [6.45, 7) is 3.72. The number of H-pyrrole nitrogens is 1. The highest BCUT2D eigenvalue weighted by molar-refractivity contribution is 5.77. The average Bonchev–Trinajstić information content (AvgIpc) is 3.15. The van der Waals surface area contributed by atoms with E-state index in [1.54, 1.807) is 12.4 Å². The van der Waals surface area contributed by atoms with Gasteiger partial charge in [-0.2, -0.15) is 5.10 Å². The summed E-state index contributed by atoms with van der Waals surface area (Å²) in [5, 5.41) is 7.77. The van der Waals surface area contributed by atoms with Crippen LogP contribution >= 0.6 is 0 Å². The Kier molecular flexibility index (Phi) is 7.39. The van der Waals surface area contributed by atoms with E-state index in [9.17, 15) is 0 Å². The van der Waals surface area contributed by atoms with E-state index in [1.807, 2.05) is 36.4 Å². The summed E-state index contributed by atoms with van der Waals surface area (Å²) in [7, 11) is 0. The van der Waals surface area contributed by atoms with Gasteiger partial charge < -0.3 is 18.9 Å². The Morgan fingerprint density at radius 1 is 0.808 bits per heavy atom. The molecule has 0 spiro atoms. The molecule has 0 aliphatic rings. The normalized spacial score (nSPS) is 11.1. The fourth-order valence-corrected chi connectivity index (χ4v) is 2.31. The van der Waals surface area contributed by atoms with Crippen LogP contribution in [0.2, 0.25) is 0 Å². The second kappa shape index (κ2) is 10.5. The molecule has 0 fully saturated rings. The van der Waals surface area contributed by atoms with Crippen molar-refractivity contribution in [2.45, 2.75) is 6.61 Å². The number of nitrogens with zero attached hydrogens (tertiary/aromatic N) is 2. The number of ether oxygens (including phenoxy) is 4. The lowest BCUT2D eigenvalue weighted by molar-refractivity contribution is 0.00577. The maximum absolute atomic E-state index is 5.55. The highest BCUT2D eigenvalue weighted by atomic mass is 16.6. The molecule has 0 saturated carbocycles. The molecule has 2 heterocycles. The second-order valence-electron chi connectivity index (χ2n) is 5.59. The Morgan fingerprint density at radius 3 is 2.35 bits per heavy atom. The molecule has 1 N–H and O–H groups in total. The molecule has 3 rings (SSSR count). The van der Waals surface area contributed by atoms with Crippen LogP contribution in [0.15, 0.2) is 48.8 Å². The van der Waals surface area contributed by atoms with Crippen molar-refractivity contribution < 1.29 is 18.9 Å². The molecule has 0 aliphatic carbocycles. The van der Waals surface area contributed by atoms with E-state index in [4.69, 9.17) is 18.9 Å². The first-order valence-corrected chi connectivity index (χ1v) is 8.61. The smallest absolute Gasteiger partial charge is 0.214 e. The molecule has 2 aromatic heterocycles. The van der Waals surface area contributed by atoms with Crippen molar-refractivity contribution in [1.29, 1.82) is 0 Å². The van der Waals surface area contributed by atoms with Crippen LogP contribution in [0.4, 0.5) is 0 Å². The fourth-order valence-electron chi connectivity index (χ4n) is 2.31. The molecule has 0 bridgehead atoms. The van der Waals surface area contributed by atoms with Crippen LogP contribution in [0, 0.1) is 0 Å². The fraction of sp³-hybridized carbons (Fsp3) is 0.368. The molecule has 7 nitrogen and oxygen atoms in total. The Balaban J connectivity index is 1.15. The van der Waals surface area contributed by atoms with Gasteiger partial charge in [0.25, 0.3) is 0 Å². The number of rotatable bonds is 12. The molecule has 0 radical (unpaired) electrons. The molecular formula is C19H23N3O4. The molecule has 0 unspecified atom stereocenters. The standard InChI is InChI=1S/C19H23N3O4/c1-2-4-16(5-3-1)15-25-9-8-23-6-7-24-10-11-26-19-12-17-13-21-22-18(17)14-20-19/h1-5,12-14H,6-11,15H2,(H,21,22).